The van der Waals surface area contributed by atoms with Gasteiger partial charge >= 0.3 is 0 Å². The summed E-state index contributed by atoms with van der Waals surface area (Å²) in [6, 6.07) is 3.82. The highest BCUT2D eigenvalue weighted by molar-refractivity contribution is 5.72. The number of aryl methyl sites for hydroxylation is 1. The number of carbonyl (C=O) groups excluding carboxylic acids is 1. The first-order valence-electron chi connectivity index (χ1n) is 6.08. The highest BCUT2D eigenvalue weighted by atomic mass is 16.1. The average molecular weight is 220 g/mol. The molecule has 0 aliphatic carbocycles. The Hall–Kier alpha value is -1.09. The molecule has 1 saturated heterocycles. The van der Waals surface area contributed by atoms with Crippen LogP contribution in [-0.2, 0) is 6.54 Å². The van der Waals surface area contributed by atoms with Gasteiger partial charge in [0, 0.05) is 12.7 Å². The monoisotopic (exact) mass is 220 g/mol. The Bertz CT molecular complexity index is 337. The van der Waals surface area contributed by atoms with Gasteiger partial charge in [-0.1, -0.05) is 0 Å². The zero-order chi connectivity index (χ0) is 11.4. The third-order valence-electron chi connectivity index (χ3n) is 3.60. The first-order valence-corrected chi connectivity index (χ1v) is 6.08. The second-order valence-electron chi connectivity index (χ2n) is 4.78. The van der Waals surface area contributed by atoms with Crippen LogP contribution < -0.4 is 0 Å². The van der Waals surface area contributed by atoms with E-state index in [1.165, 1.54) is 32.4 Å². The van der Waals surface area contributed by atoms with Crippen molar-refractivity contribution in [3.63, 3.8) is 0 Å². The van der Waals surface area contributed by atoms with Crippen molar-refractivity contribution in [3.8, 4) is 0 Å². The lowest BCUT2D eigenvalue weighted by Gasteiger charge is -2.29. The van der Waals surface area contributed by atoms with Crippen LogP contribution in [0.2, 0.25) is 0 Å². The molecule has 0 atom stereocenters. The van der Waals surface area contributed by atoms with Gasteiger partial charge in [-0.3, -0.25) is 4.79 Å². The molecule has 0 radical (unpaired) electrons. The normalized spacial score (nSPS) is 18.8. The molecule has 0 amide bonds. The van der Waals surface area contributed by atoms with E-state index in [1.54, 1.807) is 0 Å². The minimum absolute atomic E-state index is 0.799. The molecule has 0 saturated carbocycles. The third kappa shape index (κ3) is 2.73. The van der Waals surface area contributed by atoms with E-state index in [0.29, 0.717) is 0 Å². The molecule has 3 nitrogen and oxygen atoms in total. The minimum atomic E-state index is 0.799. The molecule has 0 bridgehead atoms. The number of hydrogen-bond acceptors (Lipinski definition) is 2. The van der Waals surface area contributed by atoms with Crippen LogP contribution >= 0.6 is 0 Å². The summed E-state index contributed by atoms with van der Waals surface area (Å²) in [5, 5.41) is 0. The summed E-state index contributed by atoms with van der Waals surface area (Å²) in [7, 11) is 2.19. The smallest absolute Gasteiger partial charge is 0.166 e. The molecule has 1 aliphatic heterocycles. The van der Waals surface area contributed by atoms with Gasteiger partial charge in [-0.25, -0.2) is 0 Å². The van der Waals surface area contributed by atoms with Crippen LogP contribution in [0.1, 0.15) is 29.8 Å². The van der Waals surface area contributed by atoms with Crippen LogP contribution in [0, 0.1) is 5.92 Å². The SMILES string of the molecule is CN1CCC(CCn2cccc2C=O)CC1. The van der Waals surface area contributed by atoms with Crippen LogP contribution in [0.3, 0.4) is 0 Å². The summed E-state index contributed by atoms with van der Waals surface area (Å²) in [6.45, 7) is 3.42. The summed E-state index contributed by atoms with van der Waals surface area (Å²) >= 11 is 0. The molecule has 0 aromatic carbocycles. The highest BCUT2D eigenvalue weighted by Gasteiger charge is 2.16. The van der Waals surface area contributed by atoms with Crippen molar-refractivity contribution in [1.82, 2.24) is 9.47 Å². The Morgan fingerprint density at radius 3 is 2.88 bits per heavy atom. The number of piperidine rings is 1. The van der Waals surface area contributed by atoms with Crippen molar-refractivity contribution in [2.24, 2.45) is 5.92 Å². The second kappa shape index (κ2) is 5.30. The van der Waals surface area contributed by atoms with Crippen molar-refractivity contribution < 1.29 is 4.79 Å². The molecule has 1 aliphatic rings. The molecule has 0 spiro atoms. The maximum Gasteiger partial charge on any atom is 0.166 e. The maximum atomic E-state index is 10.8. The zero-order valence-corrected chi connectivity index (χ0v) is 9.93. The van der Waals surface area contributed by atoms with E-state index < -0.39 is 0 Å². The van der Waals surface area contributed by atoms with Crippen molar-refractivity contribution in [2.45, 2.75) is 25.8 Å². The topological polar surface area (TPSA) is 25.2 Å². The molecule has 1 aromatic heterocycles. The highest BCUT2D eigenvalue weighted by Crippen LogP contribution is 2.20. The van der Waals surface area contributed by atoms with Crippen molar-refractivity contribution in [2.75, 3.05) is 20.1 Å². The molecule has 0 N–H and O–H groups in total. The minimum Gasteiger partial charge on any atom is -0.345 e. The number of aromatic nitrogens is 1. The Morgan fingerprint density at radius 1 is 1.44 bits per heavy atom. The number of carbonyl (C=O) groups is 1. The number of nitrogens with zero attached hydrogens (tertiary/aromatic N) is 2. The van der Waals surface area contributed by atoms with E-state index in [4.69, 9.17) is 0 Å². The predicted octanol–water partition coefficient (Wildman–Crippen LogP) is 2.03. The van der Waals surface area contributed by atoms with Crippen LogP contribution in [0.4, 0.5) is 0 Å². The molecule has 2 rings (SSSR count). The molecule has 2 heterocycles. The molecular formula is C13H20N2O. The Balaban J connectivity index is 1.81. The first kappa shape index (κ1) is 11.4. The Kier molecular flexibility index (Phi) is 3.78. The van der Waals surface area contributed by atoms with E-state index in [1.807, 2.05) is 18.3 Å². The van der Waals surface area contributed by atoms with E-state index in [0.717, 1.165) is 24.4 Å². The summed E-state index contributed by atoms with van der Waals surface area (Å²) < 4.78 is 2.06. The summed E-state index contributed by atoms with van der Waals surface area (Å²) in [5.74, 6) is 0.832. The molecule has 1 fully saturated rings. The van der Waals surface area contributed by atoms with E-state index >= 15 is 0 Å². The van der Waals surface area contributed by atoms with Crippen LogP contribution in [0.5, 0.6) is 0 Å². The van der Waals surface area contributed by atoms with Crippen LogP contribution in [-0.4, -0.2) is 35.9 Å². The molecule has 3 heteroatoms. The standard InChI is InChI=1S/C13H20N2O/c1-14-8-4-12(5-9-14)6-10-15-7-2-3-13(15)11-16/h2-3,7,11-12H,4-6,8-10H2,1H3. The number of hydrogen-bond donors (Lipinski definition) is 0. The number of likely N-dealkylation sites (tertiary alicyclic amines) is 1. The average Bonchev–Trinajstić information content (AvgIpc) is 2.76. The molecule has 1 aromatic rings. The first-order chi connectivity index (χ1) is 7.79. The summed E-state index contributed by atoms with van der Waals surface area (Å²) in [6.07, 6.45) is 6.74. The van der Waals surface area contributed by atoms with Gasteiger partial charge in [0.2, 0.25) is 0 Å². The van der Waals surface area contributed by atoms with E-state index in [2.05, 4.69) is 16.5 Å². The number of rotatable bonds is 4. The van der Waals surface area contributed by atoms with Gasteiger partial charge in [0.15, 0.2) is 6.29 Å². The van der Waals surface area contributed by atoms with Crippen LogP contribution in [0.15, 0.2) is 18.3 Å². The molecular weight excluding hydrogens is 200 g/mol. The lowest BCUT2D eigenvalue weighted by atomic mass is 9.94. The lowest BCUT2D eigenvalue weighted by molar-refractivity contribution is 0.111. The fourth-order valence-corrected chi connectivity index (χ4v) is 2.41. The van der Waals surface area contributed by atoms with Gasteiger partial charge in [0.1, 0.15) is 0 Å². The summed E-state index contributed by atoms with van der Waals surface area (Å²) in [4.78, 5) is 13.1. The fourth-order valence-electron chi connectivity index (χ4n) is 2.41. The number of aldehydes is 1. The van der Waals surface area contributed by atoms with E-state index in [9.17, 15) is 4.79 Å². The Labute approximate surface area is 97.1 Å². The van der Waals surface area contributed by atoms with Gasteiger partial charge in [-0.05, 0) is 57.5 Å². The predicted molar refractivity (Wildman–Crippen MR) is 64.7 cm³/mol. The van der Waals surface area contributed by atoms with E-state index in [-0.39, 0.29) is 0 Å². The van der Waals surface area contributed by atoms with Crippen LogP contribution in [0.25, 0.3) is 0 Å². The molecule has 88 valence electrons. The van der Waals surface area contributed by atoms with Gasteiger partial charge in [0.05, 0.1) is 5.69 Å². The van der Waals surface area contributed by atoms with Crippen molar-refractivity contribution >= 4 is 6.29 Å². The largest absolute Gasteiger partial charge is 0.345 e. The van der Waals surface area contributed by atoms with Gasteiger partial charge < -0.3 is 9.47 Å². The Morgan fingerprint density at radius 2 is 2.19 bits per heavy atom. The third-order valence-corrected chi connectivity index (χ3v) is 3.60. The lowest BCUT2D eigenvalue weighted by Crippen LogP contribution is -2.30. The second-order valence-corrected chi connectivity index (χ2v) is 4.78. The van der Waals surface area contributed by atoms with Gasteiger partial charge in [-0.2, -0.15) is 0 Å². The maximum absolute atomic E-state index is 10.8. The zero-order valence-electron chi connectivity index (χ0n) is 9.93. The summed E-state index contributed by atoms with van der Waals surface area (Å²) in [5.41, 5.74) is 0.799. The molecule has 16 heavy (non-hydrogen) atoms. The quantitative estimate of drug-likeness (QED) is 0.725. The van der Waals surface area contributed by atoms with Gasteiger partial charge in [0.25, 0.3) is 0 Å². The fraction of sp³-hybridized carbons (Fsp3) is 0.615. The van der Waals surface area contributed by atoms with Crippen molar-refractivity contribution in [1.29, 1.82) is 0 Å². The van der Waals surface area contributed by atoms with Crippen molar-refractivity contribution in [3.05, 3.63) is 24.0 Å². The van der Waals surface area contributed by atoms with Gasteiger partial charge in [-0.15, -0.1) is 0 Å². The molecule has 0 unspecified atom stereocenters.